The van der Waals surface area contributed by atoms with Gasteiger partial charge in [0, 0.05) is 25.0 Å². The Balaban J connectivity index is 1.88. The van der Waals surface area contributed by atoms with E-state index in [0.29, 0.717) is 18.8 Å². The summed E-state index contributed by atoms with van der Waals surface area (Å²) in [6.45, 7) is 3.29. The van der Waals surface area contributed by atoms with Crippen LogP contribution in [0.5, 0.6) is 0 Å². The highest BCUT2D eigenvalue weighted by Crippen LogP contribution is 2.40. The SMILES string of the molecule is CCc1cccc(N2C=C(C(=O)N3CCCC3)S(=O)(=O)c3ccccc32)c1. The van der Waals surface area contributed by atoms with E-state index in [4.69, 9.17) is 0 Å². The van der Waals surface area contributed by atoms with Gasteiger partial charge in [-0.15, -0.1) is 0 Å². The van der Waals surface area contributed by atoms with Crippen LogP contribution in [0.1, 0.15) is 25.3 Å². The molecule has 0 saturated carbocycles. The lowest BCUT2D eigenvalue weighted by molar-refractivity contribution is -0.125. The Kier molecular flexibility index (Phi) is 4.52. The van der Waals surface area contributed by atoms with Gasteiger partial charge in [0.2, 0.25) is 9.84 Å². The molecule has 1 amide bonds. The molecule has 0 aliphatic carbocycles. The van der Waals surface area contributed by atoms with Crippen LogP contribution in [0.2, 0.25) is 0 Å². The van der Waals surface area contributed by atoms with Crippen LogP contribution in [0.3, 0.4) is 0 Å². The van der Waals surface area contributed by atoms with Crippen LogP contribution in [0.15, 0.2) is 64.5 Å². The largest absolute Gasteiger partial charge is 0.338 e. The molecule has 4 rings (SSSR count). The Morgan fingerprint density at radius 3 is 2.52 bits per heavy atom. The molecule has 0 aromatic heterocycles. The number of anilines is 2. The van der Waals surface area contributed by atoms with Crippen LogP contribution in [-0.2, 0) is 21.1 Å². The van der Waals surface area contributed by atoms with Crippen molar-refractivity contribution in [3.63, 3.8) is 0 Å². The van der Waals surface area contributed by atoms with Crippen molar-refractivity contribution in [2.75, 3.05) is 18.0 Å². The van der Waals surface area contributed by atoms with Gasteiger partial charge < -0.3 is 9.80 Å². The number of para-hydroxylation sites is 1. The number of carbonyl (C=O) groups excluding carboxylic acids is 1. The number of nitrogens with zero attached hydrogens (tertiary/aromatic N) is 2. The molecule has 2 heterocycles. The van der Waals surface area contributed by atoms with E-state index < -0.39 is 15.7 Å². The number of benzene rings is 2. The number of hydrogen-bond acceptors (Lipinski definition) is 4. The Labute approximate surface area is 159 Å². The number of fused-ring (bicyclic) bond motifs is 1. The quantitative estimate of drug-likeness (QED) is 0.813. The summed E-state index contributed by atoms with van der Waals surface area (Å²) in [6, 6.07) is 14.8. The van der Waals surface area contributed by atoms with Gasteiger partial charge in [-0.25, -0.2) is 8.42 Å². The van der Waals surface area contributed by atoms with Crippen LogP contribution in [0.4, 0.5) is 11.4 Å². The van der Waals surface area contributed by atoms with Crippen molar-refractivity contribution in [2.24, 2.45) is 0 Å². The van der Waals surface area contributed by atoms with Crippen LogP contribution in [0.25, 0.3) is 0 Å². The first kappa shape index (κ1) is 17.8. The summed E-state index contributed by atoms with van der Waals surface area (Å²) >= 11 is 0. The topological polar surface area (TPSA) is 57.7 Å². The second-order valence-corrected chi connectivity index (χ2v) is 8.74. The van der Waals surface area contributed by atoms with Gasteiger partial charge in [0.25, 0.3) is 5.91 Å². The third-order valence-electron chi connectivity index (χ3n) is 5.15. The predicted octanol–water partition coefficient (Wildman–Crippen LogP) is 3.64. The maximum atomic E-state index is 13.2. The third-order valence-corrected chi connectivity index (χ3v) is 6.93. The maximum absolute atomic E-state index is 13.2. The van der Waals surface area contributed by atoms with E-state index in [1.165, 1.54) is 6.20 Å². The van der Waals surface area contributed by atoms with E-state index in [1.54, 1.807) is 23.1 Å². The number of rotatable bonds is 3. The van der Waals surface area contributed by atoms with Gasteiger partial charge in [-0.05, 0) is 49.1 Å². The Bertz CT molecular complexity index is 1020. The van der Waals surface area contributed by atoms with Crippen molar-refractivity contribution in [2.45, 2.75) is 31.1 Å². The van der Waals surface area contributed by atoms with Crippen molar-refractivity contribution >= 4 is 27.1 Å². The average Bonchev–Trinajstić information content (AvgIpc) is 3.23. The van der Waals surface area contributed by atoms with E-state index in [1.807, 2.05) is 35.2 Å². The van der Waals surface area contributed by atoms with E-state index in [-0.39, 0.29) is 9.80 Å². The summed E-state index contributed by atoms with van der Waals surface area (Å²) in [4.78, 5) is 16.5. The highest BCUT2D eigenvalue weighted by atomic mass is 32.2. The summed E-state index contributed by atoms with van der Waals surface area (Å²) in [5.74, 6) is -0.404. The molecule has 1 fully saturated rings. The fourth-order valence-electron chi connectivity index (χ4n) is 3.64. The summed E-state index contributed by atoms with van der Waals surface area (Å²) in [7, 11) is -3.85. The molecule has 5 nitrogen and oxygen atoms in total. The molecule has 0 bridgehead atoms. The highest BCUT2D eigenvalue weighted by molar-refractivity contribution is 7.96. The van der Waals surface area contributed by atoms with E-state index >= 15 is 0 Å². The molecule has 1 saturated heterocycles. The minimum Gasteiger partial charge on any atom is -0.338 e. The molecule has 2 aliphatic rings. The average molecular weight is 382 g/mol. The standard InChI is InChI=1S/C21H22N2O3S/c1-2-16-8-7-9-17(14-16)23-15-20(21(24)22-12-5-6-13-22)27(25,26)19-11-4-3-10-18(19)23/h3-4,7-11,14-15H,2,5-6,12-13H2,1H3. The van der Waals surface area contributed by atoms with Gasteiger partial charge in [0.1, 0.15) is 0 Å². The van der Waals surface area contributed by atoms with Crippen molar-refractivity contribution in [3.05, 3.63) is 65.2 Å². The fourth-order valence-corrected chi connectivity index (χ4v) is 5.18. The van der Waals surface area contributed by atoms with Gasteiger partial charge in [-0.1, -0.05) is 31.2 Å². The number of sulfone groups is 1. The molecule has 2 aromatic rings. The Morgan fingerprint density at radius 2 is 1.78 bits per heavy atom. The number of amides is 1. The molecule has 6 heteroatoms. The van der Waals surface area contributed by atoms with E-state index in [2.05, 4.69) is 6.92 Å². The monoisotopic (exact) mass is 382 g/mol. The van der Waals surface area contributed by atoms with Gasteiger partial charge in [-0.3, -0.25) is 4.79 Å². The molecule has 0 atom stereocenters. The molecule has 0 N–H and O–H groups in total. The smallest absolute Gasteiger partial charge is 0.267 e. The first-order valence-corrected chi connectivity index (χ1v) is 10.7. The second kappa shape index (κ2) is 6.85. The summed E-state index contributed by atoms with van der Waals surface area (Å²) in [5, 5.41) is 0. The summed E-state index contributed by atoms with van der Waals surface area (Å²) in [5.41, 5.74) is 2.58. The lowest BCUT2D eigenvalue weighted by Gasteiger charge is -2.30. The Morgan fingerprint density at radius 1 is 1.04 bits per heavy atom. The van der Waals surface area contributed by atoms with Crippen molar-refractivity contribution in [1.29, 1.82) is 0 Å². The zero-order chi connectivity index (χ0) is 19.0. The minimum atomic E-state index is -3.85. The Hall–Kier alpha value is -2.60. The van der Waals surface area contributed by atoms with Crippen molar-refractivity contribution < 1.29 is 13.2 Å². The van der Waals surface area contributed by atoms with Crippen LogP contribution >= 0.6 is 0 Å². The molecular weight excluding hydrogens is 360 g/mol. The number of likely N-dealkylation sites (tertiary alicyclic amines) is 1. The third kappa shape index (κ3) is 3.04. The lowest BCUT2D eigenvalue weighted by Crippen LogP contribution is -2.35. The van der Waals surface area contributed by atoms with Crippen LogP contribution in [-0.4, -0.2) is 32.3 Å². The zero-order valence-corrected chi connectivity index (χ0v) is 16.1. The summed E-state index contributed by atoms with van der Waals surface area (Å²) < 4.78 is 26.3. The first-order valence-electron chi connectivity index (χ1n) is 9.26. The zero-order valence-electron chi connectivity index (χ0n) is 15.3. The maximum Gasteiger partial charge on any atom is 0.267 e. The van der Waals surface area contributed by atoms with Crippen LogP contribution in [0, 0.1) is 0 Å². The highest BCUT2D eigenvalue weighted by Gasteiger charge is 2.38. The lowest BCUT2D eigenvalue weighted by atomic mass is 10.1. The minimum absolute atomic E-state index is 0.148. The van der Waals surface area contributed by atoms with Crippen molar-refractivity contribution in [1.82, 2.24) is 4.90 Å². The molecule has 0 radical (unpaired) electrons. The van der Waals surface area contributed by atoms with Gasteiger partial charge in [0.05, 0.1) is 10.6 Å². The van der Waals surface area contributed by atoms with E-state index in [0.717, 1.165) is 30.5 Å². The molecule has 2 aliphatic heterocycles. The van der Waals surface area contributed by atoms with Gasteiger partial charge in [0.15, 0.2) is 4.91 Å². The predicted molar refractivity (Wildman–Crippen MR) is 105 cm³/mol. The molecule has 0 unspecified atom stereocenters. The van der Waals surface area contributed by atoms with Gasteiger partial charge in [-0.2, -0.15) is 0 Å². The number of aryl methyl sites for hydroxylation is 1. The summed E-state index contributed by atoms with van der Waals surface area (Å²) in [6.07, 6.45) is 4.20. The molecule has 2 aromatic carbocycles. The second-order valence-electron chi connectivity index (χ2n) is 6.86. The van der Waals surface area contributed by atoms with Crippen molar-refractivity contribution in [3.8, 4) is 0 Å². The molecular formula is C21H22N2O3S. The van der Waals surface area contributed by atoms with Gasteiger partial charge >= 0.3 is 0 Å². The molecule has 0 spiro atoms. The van der Waals surface area contributed by atoms with Crippen LogP contribution < -0.4 is 4.90 Å². The number of carbonyl (C=O) groups is 1. The normalized spacial score (nSPS) is 18.2. The molecule has 140 valence electrons. The molecule has 27 heavy (non-hydrogen) atoms. The fraction of sp³-hybridized carbons (Fsp3) is 0.286. The first-order chi connectivity index (χ1) is 13.0. The van der Waals surface area contributed by atoms with E-state index in [9.17, 15) is 13.2 Å². The number of hydrogen-bond donors (Lipinski definition) is 0.